The minimum atomic E-state index is -0.0495. The second kappa shape index (κ2) is 9.37. The maximum absolute atomic E-state index is 11.7. The largest absolute Gasteiger partial charge is 0.355 e. The predicted molar refractivity (Wildman–Crippen MR) is 84.4 cm³/mol. The number of benzene rings is 1. The molecule has 2 rings (SSSR count). The highest BCUT2D eigenvalue weighted by atomic mass is 35.5. The molecule has 1 heterocycles. The zero-order chi connectivity index (χ0) is 14.2. The van der Waals surface area contributed by atoms with Crippen LogP contribution in [0.4, 0.5) is 0 Å². The molecule has 5 nitrogen and oxygen atoms in total. The van der Waals surface area contributed by atoms with Gasteiger partial charge in [-0.2, -0.15) is 0 Å². The fourth-order valence-electron chi connectivity index (χ4n) is 2.24. The molecule has 1 aromatic carbocycles. The molecule has 3 N–H and O–H groups in total. The SMILES string of the molecule is Cl.O=C(Cc1ccccc1)NCCC(=O)NC1CCNC1. The van der Waals surface area contributed by atoms with E-state index in [0.29, 0.717) is 19.4 Å². The minimum absolute atomic E-state index is 0. The summed E-state index contributed by atoms with van der Waals surface area (Å²) < 4.78 is 0. The number of rotatable bonds is 6. The second-order valence-electron chi connectivity index (χ2n) is 5.02. The lowest BCUT2D eigenvalue weighted by Crippen LogP contribution is -2.38. The molecule has 1 atom stereocenters. The van der Waals surface area contributed by atoms with Crippen LogP contribution in [-0.4, -0.2) is 37.5 Å². The van der Waals surface area contributed by atoms with Gasteiger partial charge in [0.05, 0.1) is 6.42 Å². The van der Waals surface area contributed by atoms with E-state index in [9.17, 15) is 9.59 Å². The van der Waals surface area contributed by atoms with Gasteiger partial charge < -0.3 is 16.0 Å². The van der Waals surface area contributed by atoms with Gasteiger partial charge in [0.25, 0.3) is 0 Å². The molecular formula is C15H22ClN3O2. The summed E-state index contributed by atoms with van der Waals surface area (Å²) >= 11 is 0. The van der Waals surface area contributed by atoms with Crippen LogP contribution in [0.2, 0.25) is 0 Å². The van der Waals surface area contributed by atoms with E-state index in [1.54, 1.807) is 0 Å². The quantitative estimate of drug-likeness (QED) is 0.722. The molecule has 0 spiro atoms. The van der Waals surface area contributed by atoms with Crippen LogP contribution in [0.1, 0.15) is 18.4 Å². The summed E-state index contributed by atoms with van der Waals surface area (Å²) in [5.74, 6) is -0.0507. The smallest absolute Gasteiger partial charge is 0.224 e. The third-order valence-corrected chi connectivity index (χ3v) is 3.31. The molecule has 1 aliphatic heterocycles. The number of hydrogen-bond donors (Lipinski definition) is 3. The number of halogens is 1. The molecule has 0 radical (unpaired) electrons. The van der Waals surface area contributed by atoms with Gasteiger partial charge in [0.15, 0.2) is 0 Å². The van der Waals surface area contributed by atoms with Crippen LogP contribution < -0.4 is 16.0 Å². The number of carbonyl (C=O) groups is 2. The summed E-state index contributed by atoms with van der Waals surface area (Å²) in [4.78, 5) is 23.3. The molecule has 1 aliphatic rings. The third kappa shape index (κ3) is 6.60. The van der Waals surface area contributed by atoms with Crippen LogP contribution in [0.25, 0.3) is 0 Å². The maximum atomic E-state index is 11.7. The van der Waals surface area contributed by atoms with E-state index in [0.717, 1.165) is 25.1 Å². The van der Waals surface area contributed by atoms with Gasteiger partial charge in [0, 0.05) is 25.6 Å². The van der Waals surface area contributed by atoms with Gasteiger partial charge in [-0.3, -0.25) is 9.59 Å². The summed E-state index contributed by atoms with van der Waals surface area (Å²) in [6, 6.07) is 9.81. The van der Waals surface area contributed by atoms with E-state index in [4.69, 9.17) is 0 Å². The summed E-state index contributed by atoms with van der Waals surface area (Å²) in [6.45, 7) is 2.18. The van der Waals surface area contributed by atoms with Crippen molar-refractivity contribution in [2.45, 2.75) is 25.3 Å². The van der Waals surface area contributed by atoms with Crippen LogP contribution in [0.5, 0.6) is 0 Å². The van der Waals surface area contributed by atoms with Crippen molar-refractivity contribution >= 4 is 24.2 Å². The first-order chi connectivity index (χ1) is 9.74. The van der Waals surface area contributed by atoms with Gasteiger partial charge in [-0.05, 0) is 18.5 Å². The van der Waals surface area contributed by atoms with E-state index in [1.165, 1.54) is 0 Å². The number of nitrogens with one attached hydrogen (secondary N) is 3. The van der Waals surface area contributed by atoms with Gasteiger partial charge in [-0.25, -0.2) is 0 Å². The van der Waals surface area contributed by atoms with Crippen LogP contribution in [0.3, 0.4) is 0 Å². The van der Waals surface area contributed by atoms with Gasteiger partial charge in [-0.1, -0.05) is 30.3 Å². The summed E-state index contributed by atoms with van der Waals surface area (Å²) in [5, 5.41) is 8.92. The molecule has 0 saturated carbocycles. The van der Waals surface area contributed by atoms with Crippen molar-refractivity contribution in [3.8, 4) is 0 Å². The van der Waals surface area contributed by atoms with E-state index < -0.39 is 0 Å². The van der Waals surface area contributed by atoms with Crippen LogP contribution in [0.15, 0.2) is 30.3 Å². The molecule has 0 aliphatic carbocycles. The van der Waals surface area contributed by atoms with Crippen molar-refractivity contribution in [3.05, 3.63) is 35.9 Å². The van der Waals surface area contributed by atoms with E-state index in [1.807, 2.05) is 30.3 Å². The van der Waals surface area contributed by atoms with E-state index >= 15 is 0 Å². The highest BCUT2D eigenvalue weighted by Crippen LogP contribution is 1.99. The van der Waals surface area contributed by atoms with Crippen molar-refractivity contribution in [1.82, 2.24) is 16.0 Å². The molecule has 21 heavy (non-hydrogen) atoms. The molecule has 6 heteroatoms. The van der Waals surface area contributed by atoms with Crippen LogP contribution in [-0.2, 0) is 16.0 Å². The van der Waals surface area contributed by atoms with E-state index in [2.05, 4.69) is 16.0 Å². The Morgan fingerprint density at radius 2 is 1.95 bits per heavy atom. The van der Waals surface area contributed by atoms with Crippen molar-refractivity contribution < 1.29 is 9.59 Å². The Balaban J connectivity index is 0.00000220. The minimum Gasteiger partial charge on any atom is -0.355 e. The molecule has 0 bridgehead atoms. The van der Waals surface area contributed by atoms with Crippen LogP contribution >= 0.6 is 12.4 Å². The Morgan fingerprint density at radius 1 is 1.19 bits per heavy atom. The lowest BCUT2D eigenvalue weighted by Gasteiger charge is -2.11. The van der Waals surface area contributed by atoms with Crippen molar-refractivity contribution in [3.63, 3.8) is 0 Å². The average Bonchev–Trinajstić information content (AvgIpc) is 2.92. The molecular weight excluding hydrogens is 290 g/mol. The number of carbonyl (C=O) groups excluding carboxylic acids is 2. The Morgan fingerprint density at radius 3 is 2.62 bits per heavy atom. The highest BCUT2D eigenvalue weighted by Gasteiger charge is 2.16. The van der Waals surface area contributed by atoms with Gasteiger partial charge in [0.1, 0.15) is 0 Å². The average molecular weight is 312 g/mol. The first-order valence-electron chi connectivity index (χ1n) is 7.05. The van der Waals surface area contributed by atoms with Crippen LogP contribution in [0, 0.1) is 0 Å². The Hall–Kier alpha value is -1.59. The predicted octanol–water partition coefficient (Wildman–Crippen LogP) is 0.635. The lowest BCUT2D eigenvalue weighted by molar-refractivity contribution is -0.122. The zero-order valence-electron chi connectivity index (χ0n) is 11.9. The molecule has 0 aromatic heterocycles. The first-order valence-corrected chi connectivity index (χ1v) is 7.05. The molecule has 116 valence electrons. The third-order valence-electron chi connectivity index (χ3n) is 3.31. The fraction of sp³-hybridized carbons (Fsp3) is 0.467. The summed E-state index contributed by atoms with van der Waals surface area (Å²) in [6.07, 6.45) is 1.66. The first kappa shape index (κ1) is 17.5. The number of amides is 2. The molecule has 2 amide bonds. The Kier molecular flexibility index (Phi) is 7.79. The zero-order valence-corrected chi connectivity index (χ0v) is 12.7. The van der Waals surface area contributed by atoms with Gasteiger partial charge in [-0.15, -0.1) is 12.4 Å². The lowest BCUT2D eigenvalue weighted by atomic mass is 10.1. The molecule has 1 unspecified atom stereocenters. The summed E-state index contributed by atoms with van der Waals surface area (Å²) in [7, 11) is 0. The Bertz CT molecular complexity index is 447. The number of hydrogen-bond acceptors (Lipinski definition) is 3. The van der Waals surface area contributed by atoms with E-state index in [-0.39, 0.29) is 30.3 Å². The Labute approximate surface area is 131 Å². The highest BCUT2D eigenvalue weighted by molar-refractivity contribution is 5.85. The monoisotopic (exact) mass is 311 g/mol. The summed E-state index contributed by atoms with van der Waals surface area (Å²) in [5.41, 5.74) is 0.978. The molecule has 1 fully saturated rings. The standard InChI is InChI=1S/C15H21N3O2.ClH/c19-14(18-13-6-8-16-11-13)7-9-17-15(20)10-12-4-2-1-3-5-12;/h1-5,13,16H,6-11H2,(H,17,20)(H,18,19);1H. The second-order valence-corrected chi connectivity index (χ2v) is 5.02. The topological polar surface area (TPSA) is 70.2 Å². The molecule has 1 saturated heterocycles. The van der Waals surface area contributed by atoms with Crippen molar-refractivity contribution in [2.24, 2.45) is 0 Å². The van der Waals surface area contributed by atoms with Crippen molar-refractivity contribution in [2.75, 3.05) is 19.6 Å². The normalized spacial score (nSPS) is 16.9. The fourth-order valence-corrected chi connectivity index (χ4v) is 2.24. The van der Waals surface area contributed by atoms with Gasteiger partial charge in [0.2, 0.25) is 11.8 Å². The van der Waals surface area contributed by atoms with Gasteiger partial charge >= 0.3 is 0 Å². The maximum Gasteiger partial charge on any atom is 0.224 e. The van der Waals surface area contributed by atoms with Crippen molar-refractivity contribution in [1.29, 1.82) is 0 Å². The molecule has 1 aromatic rings.